The van der Waals surface area contributed by atoms with Gasteiger partial charge in [0, 0.05) is 25.8 Å². The van der Waals surface area contributed by atoms with Crippen LogP contribution in [0.1, 0.15) is 22.3 Å². The predicted octanol–water partition coefficient (Wildman–Crippen LogP) is 1.09. The van der Waals surface area contributed by atoms with Gasteiger partial charge < -0.3 is 9.64 Å². The van der Waals surface area contributed by atoms with Gasteiger partial charge in [0.05, 0.1) is 18.1 Å². The summed E-state index contributed by atoms with van der Waals surface area (Å²) in [5, 5.41) is 0. The minimum Gasteiger partial charge on any atom is -0.380 e. The first-order valence-electron chi connectivity index (χ1n) is 6.49. The van der Waals surface area contributed by atoms with E-state index >= 15 is 0 Å². The van der Waals surface area contributed by atoms with E-state index in [9.17, 15) is 13.2 Å². The largest absolute Gasteiger partial charge is 0.380 e. The number of sulfone groups is 1. The summed E-state index contributed by atoms with van der Waals surface area (Å²) in [4.78, 5) is 14.1. The number of ether oxygens (including phenoxy) is 1. The topological polar surface area (TPSA) is 63.7 Å². The second-order valence-electron chi connectivity index (χ2n) is 5.06. The Bertz CT molecular complexity index is 597. The Hall–Kier alpha value is -1.40. The van der Waals surface area contributed by atoms with Gasteiger partial charge in [0.1, 0.15) is 0 Å². The van der Waals surface area contributed by atoms with E-state index in [-0.39, 0.29) is 23.5 Å². The van der Waals surface area contributed by atoms with Crippen molar-refractivity contribution in [2.24, 2.45) is 0 Å². The quantitative estimate of drug-likeness (QED) is 0.834. The number of nitrogens with zero attached hydrogens (tertiary/aromatic N) is 1. The number of hydrogen-bond donors (Lipinski definition) is 0. The fourth-order valence-corrected chi connectivity index (χ4v) is 4.22. The van der Waals surface area contributed by atoms with Crippen molar-refractivity contribution < 1.29 is 17.9 Å². The van der Waals surface area contributed by atoms with Crippen LogP contribution in [0.5, 0.6) is 0 Å². The summed E-state index contributed by atoms with van der Waals surface area (Å²) < 4.78 is 28.1. The molecule has 0 saturated carbocycles. The third kappa shape index (κ3) is 3.19. The maximum Gasteiger partial charge on any atom is 0.254 e. The Kier molecular flexibility index (Phi) is 4.45. The van der Waals surface area contributed by atoms with Gasteiger partial charge in [0.15, 0.2) is 9.84 Å². The SMILES string of the molecule is COCc1ccccc1C(=O)N(C)[C@H]1CCS(=O)(=O)C1. The number of carbonyl (C=O) groups is 1. The van der Waals surface area contributed by atoms with Crippen LogP contribution in [0.3, 0.4) is 0 Å². The molecule has 0 unspecified atom stereocenters. The summed E-state index contributed by atoms with van der Waals surface area (Å²) >= 11 is 0. The lowest BCUT2D eigenvalue weighted by molar-refractivity contribution is 0.0743. The van der Waals surface area contributed by atoms with E-state index in [1.807, 2.05) is 12.1 Å². The Morgan fingerprint density at radius 3 is 2.70 bits per heavy atom. The van der Waals surface area contributed by atoms with Crippen LogP contribution in [-0.4, -0.2) is 50.9 Å². The molecular weight excluding hydrogens is 278 g/mol. The van der Waals surface area contributed by atoms with Gasteiger partial charge in [-0.05, 0) is 18.1 Å². The van der Waals surface area contributed by atoms with E-state index in [0.29, 0.717) is 18.6 Å². The zero-order chi connectivity index (χ0) is 14.8. The lowest BCUT2D eigenvalue weighted by atomic mass is 10.1. The van der Waals surface area contributed by atoms with Gasteiger partial charge in [-0.1, -0.05) is 18.2 Å². The molecule has 1 aromatic carbocycles. The Morgan fingerprint density at radius 2 is 2.10 bits per heavy atom. The van der Waals surface area contributed by atoms with Crippen LogP contribution < -0.4 is 0 Å². The van der Waals surface area contributed by atoms with Gasteiger partial charge in [-0.2, -0.15) is 0 Å². The van der Waals surface area contributed by atoms with Crippen LogP contribution in [-0.2, 0) is 21.2 Å². The normalized spacial score (nSPS) is 20.8. The number of carbonyl (C=O) groups excluding carboxylic acids is 1. The lowest BCUT2D eigenvalue weighted by Crippen LogP contribution is -2.38. The molecule has 6 heteroatoms. The zero-order valence-corrected chi connectivity index (χ0v) is 12.5. The fourth-order valence-electron chi connectivity index (χ4n) is 2.45. The van der Waals surface area contributed by atoms with Gasteiger partial charge in [-0.15, -0.1) is 0 Å². The smallest absolute Gasteiger partial charge is 0.254 e. The monoisotopic (exact) mass is 297 g/mol. The molecule has 1 heterocycles. The van der Waals surface area contributed by atoms with Crippen molar-refractivity contribution >= 4 is 15.7 Å². The highest BCUT2D eigenvalue weighted by Gasteiger charge is 2.33. The molecule has 0 aliphatic carbocycles. The zero-order valence-electron chi connectivity index (χ0n) is 11.7. The summed E-state index contributed by atoms with van der Waals surface area (Å²) in [6, 6.07) is 7.01. The number of amides is 1. The first-order valence-corrected chi connectivity index (χ1v) is 8.31. The molecule has 1 aliphatic rings. The minimum absolute atomic E-state index is 0.0572. The molecule has 1 aliphatic heterocycles. The highest BCUT2D eigenvalue weighted by molar-refractivity contribution is 7.91. The first-order chi connectivity index (χ1) is 9.44. The molecule has 0 radical (unpaired) electrons. The molecule has 2 rings (SSSR count). The molecule has 20 heavy (non-hydrogen) atoms. The van der Waals surface area contributed by atoms with Crippen LogP contribution in [0.25, 0.3) is 0 Å². The summed E-state index contributed by atoms with van der Waals surface area (Å²) in [7, 11) is 0.247. The number of benzene rings is 1. The lowest BCUT2D eigenvalue weighted by Gasteiger charge is -2.24. The van der Waals surface area contributed by atoms with Crippen molar-refractivity contribution in [3.05, 3.63) is 35.4 Å². The van der Waals surface area contributed by atoms with Gasteiger partial charge in [0.2, 0.25) is 0 Å². The van der Waals surface area contributed by atoms with Crippen molar-refractivity contribution in [3.63, 3.8) is 0 Å². The van der Waals surface area contributed by atoms with Gasteiger partial charge in [-0.3, -0.25) is 4.79 Å². The standard InChI is InChI=1S/C14H19NO4S/c1-15(12-7-8-20(17,18)10-12)14(16)13-6-4-3-5-11(13)9-19-2/h3-6,12H,7-10H2,1-2H3/t12-/m0/s1. The first kappa shape index (κ1) is 15.0. The van der Waals surface area contributed by atoms with E-state index < -0.39 is 9.84 Å². The second kappa shape index (κ2) is 5.93. The minimum atomic E-state index is -3.00. The Labute approximate surface area is 119 Å². The molecule has 1 fully saturated rings. The Morgan fingerprint density at radius 1 is 1.40 bits per heavy atom. The number of hydrogen-bond acceptors (Lipinski definition) is 4. The van der Waals surface area contributed by atoms with E-state index in [1.165, 1.54) is 0 Å². The highest BCUT2D eigenvalue weighted by Crippen LogP contribution is 2.20. The van der Waals surface area contributed by atoms with E-state index in [0.717, 1.165) is 5.56 Å². The van der Waals surface area contributed by atoms with Crippen LogP contribution in [0, 0.1) is 0 Å². The number of methoxy groups -OCH3 is 1. The third-order valence-electron chi connectivity index (χ3n) is 3.62. The van der Waals surface area contributed by atoms with Crippen molar-refractivity contribution in [1.29, 1.82) is 0 Å². The molecule has 1 atom stereocenters. The maximum atomic E-state index is 12.5. The van der Waals surface area contributed by atoms with E-state index in [4.69, 9.17) is 4.74 Å². The van der Waals surface area contributed by atoms with E-state index in [1.54, 1.807) is 31.2 Å². The molecule has 5 nitrogen and oxygen atoms in total. The average Bonchev–Trinajstić information content (AvgIpc) is 2.78. The Balaban J connectivity index is 2.19. The van der Waals surface area contributed by atoms with Crippen molar-refractivity contribution in [1.82, 2.24) is 4.90 Å². The fraction of sp³-hybridized carbons (Fsp3) is 0.500. The van der Waals surface area contributed by atoms with Gasteiger partial charge >= 0.3 is 0 Å². The second-order valence-corrected chi connectivity index (χ2v) is 7.29. The summed E-state index contributed by atoms with van der Waals surface area (Å²) in [5.41, 5.74) is 1.38. The summed E-state index contributed by atoms with van der Waals surface area (Å²) in [6.07, 6.45) is 0.511. The molecule has 110 valence electrons. The molecule has 1 saturated heterocycles. The molecule has 0 bridgehead atoms. The predicted molar refractivity (Wildman–Crippen MR) is 76.3 cm³/mol. The maximum absolute atomic E-state index is 12.5. The molecule has 0 aromatic heterocycles. The summed E-state index contributed by atoms with van der Waals surface area (Å²) in [6.45, 7) is 0.360. The van der Waals surface area contributed by atoms with Gasteiger partial charge in [-0.25, -0.2) is 8.42 Å². The van der Waals surface area contributed by atoms with Crippen molar-refractivity contribution in [2.75, 3.05) is 25.7 Å². The molecule has 1 amide bonds. The van der Waals surface area contributed by atoms with Gasteiger partial charge in [0.25, 0.3) is 5.91 Å². The van der Waals surface area contributed by atoms with Crippen LogP contribution >= 0.6 is 0 Å². The number of rotatable bonds is 4. The molecule has 1 aromatic rings. The van der Waals surface area contributed by atoms with Crippen LogP contribution in [0.2, 0.25) is 0 Å². The molecule has 0 N–H and O–H groups in total. The van der Waals surface area contributed by atoms with Crippen LogP contribution in [0.4, 0.5) is 0 Å². The van der Waals surface area contributed by atoms with Crippen molar-refractivity contribution in [2.45, 2.75) is 19.1 Å². The van der Waals surface area contributed by atoms with Crippen molar-refractivity contribution in [3.8, 4) is 0 Å². The third-order valence-corrected chi connectivity index (χ3v) is 5.37. The van der Waals surface area contributed by atoms with Crippen LogP contribution in [0.15, 0.2) is 24.3 Å². The summed E-state index contributed by atoms with van der Waals surface area (Å²) in [5.74, 6) is 0.0659. The highest BCUT2D eigenvalue weighted by atomic mass is 32.2. The average molecular weight is 297 g/mol. The molecular formula is C14H19NO4S. The molecule has 0 spiro atoms. The van der Waals surface area contributed by atoms with E-state index in [2.05, 4.69) is 0 Å².